The highest BCUT2D eigenvalue weighted by atomic mass is 79.9. The maximum atomic E-state index is 4.31. The zero-order valence-corrected chi connectivity index (χ0v) is 7.83. The molecule has 0 aliphatic heterocycles. The van der Waals surface area contributed by atoms with E-state index in [9.17, 15) is 0 Å². The highest BCUT2D eigenvalue weighted by Crippen LogP contribution is 2.05. The van der Waals surface area contributed by atoms with Gasteiger partial charge < -0.3 is 4.98 Å². The molecule has 0 unspecified atom stereocenters. The van der Waals surface area contributed by atoms with Crippen LogP contribution in [-0.4, -0.2) is 15.3 Å². The second kappa shape index (κ2) is 3.19. The van der Waals surface area contributed by atoms with Crippen LogP contribution in [0, 0.1) is 13.8 Å². The zero-order chi connectivity index (χ0) is 7.56. The van der Waals surface area contributed by atoms with Gasteiger partial charge in [0.05, 0.1) is 5.69 Å². The molecule has 0 radical (unpaired) electrons. The smallest absolute Gasteiger partial charge is 0.103 e. The van der Waals surface area contributed by atoms with E-state index in [0.717, 1.165) is 17.6 Å². The predicted octanol–water partition coefficient (Wildman–Crippen LogP) is 1.96. The second-order valence-corrected chi connectivity index (χ2v) is 3.13. The highest BCUT2D eigenvalue weighted by Gasteiger charge is 2.00. The van der Waals surface area contributed by atoms with E-state index >= 15 is 0 Å². The zero-order valence-electron chi connectivity index (χ0n) is 6.24. The molecule has 0 saturated carbocycles. The molecule has 0 fully saturated rings. The van der Waals surface area contributed by atoms with Crippen molar-refractivity contribution in [3.63, 3.8) is 0 Å². The molecule has 1 rings (SSSR count). The average Bonchev–Trinajstić information content (AvgIpc) is 2.13. The molecule has 3 heteroatoms. The van der Waals surface area contributed by atoms with Crippen molar-refractivity contribution in [1.29, 1.82) is 0 Å². The van der Waals surface area contributed by atoms with Gasteiger partial charge in [0.1, 0.15) is 5.82 Å². The van der Waals surface area contributed by atoms with Gasteiger partial charge in [-0.1, -0.05) is 15.9 Å². The minimum atomic E-state index is 0.984. The Morgan fingerprint density at radius 3 is 2.60 bits per heavy atom. The van der Waals surface area contributed by atoms with Crippen LogP contribution in [0.4, 0.5) is 0 Å². The molecule has 0 bridgehead atoms. The third-order valence-electron chi connectivity index (χ3n) is 1.44. The lowest BCUT2D eigenvalue weighted by molar-refractivity contribution is 1.04. The van der Waals surface area contributed by atoms with Crippen molar-refractivity contribution in [2.45, 2.75) is 20.3 Å². The Kier molecular flexibility index (Phi) is 2.49. The summed E-state index contributed by atoms with van der Waals surface area (Å²) in [7, 11) is 0. The fourth-order valence-electron chi connectivity index (χ4n) is 0.991. The number of hydrogen-bond acceptors (Lipinski definition) is 1. The molecule has 0 atom stereocenters. The largest absolute Gasteiger partial charge is 0.346 e. The normalized spacial score (nSPS) is 10.3. The van der Waals surface area contributed by atoms with Crippen molar-refractivity contribution < 1.29 is 0 Å². The summed E-state index contributed by atoms with van der Waals surface area (Å²) in [5.41, 5.74) is 2.37. The van der Waals surface area contributed by atoms with Gasteiger partial charge in [0.2, 0.25) is 0 Å². The van der Waals surface area contributed by atoms with Crippen LogP contribution in [0.15, 0.2) is 0 Å². The Balaban J connectivity index is 2.81. The van der Waals surface area contributed by atoms with Crippen molar-refractivity contribution in [3.05, 3.63) is 17.2 Å². The third-order valence-corrected chi connectivity index (χ3v) is 1.83. The van der Waals surface area contributed by atoms with Gasteiger partial charge in [-0.05, 0) is 13.8 Å². The highest BCUT2D eigenvalue weighted by molar-refractivity contribution is 9.09. The predicted molar refractivity (Wildman–Crippen MR) is 45.6 cm³/mol. The fraction of sp³-hybridized carbons (Fsp3) is 0.571. The van der Waals surface area contributed by atoms with Gasteiger partial charge in [0, 0.05) is 17.4 Å². The lowest BCUT2D eigenvalue weighted by Gasteiger charge is -1.90. The quantitative estimate of drug-likeness (QED) is 0.731. The number of rotatable bonds is 2. The summed E-state index contributed by atoms with van der Waals surface area (Å²) in [6.45, 7) is 4.03. The Bertz CT molecular complexity index is 217. The maximum Gasteiger partial charge on any atom is 0.103 e. The number of aryl methyl sites for hydroxylation is 3. The molecule has 0 aliphatic carbocycles. The van der Waals surface area contributed by atoms with Crippen molar-refractivity contribution in [2.24, 2.45) is 0 Å². The number of H-pyrrole nitrogens is 1. The lowest BCUT2D eigenvalue weighted by Crippen LogP contribution is -1.88. The van der Waals surface area contributed by atoms with E-state index in [1.807, 2.05) is 6.92 Å². The van der Waals surface area contributed by atoms with Gasteiger partial charge >= 0.3 is 0 Å². The number of imidazole rings is 1. The number of aromatic amines is 1. The van der Waals surface area contributed by atoms with Gasteiger partial charge in [-0.3, -0.25) is 0 Å². The van der Waals surface area contributed by atoms with Crippen molar-refractivity contribution in [2.75, 3.05) is 5.33 Å². The molecule has 10 heavy (non-hydrogen) atoms. The summed E-state index contributed by atoms with van der Waals surface area (Å²) in [5.74, 6) is 1.01. The molecular weight excluding hydrogens is 192 g/mol. The van der Waals surface area contributed by atoms with Crippen LogP contribution in [0.3, 0.4) is 0 Å². The van der Waals surface area contributed by atoms with Crippen molar-refractivity contribution >= 4 is 15.9 Å². The molecule has 0 aliphatic rings. The molecule has 1 aromatic heterocycles. The van der Waals surface area contributed by atoms with Crippen molar-refractivity contribution in [1.82, 2.24) is 9.97 Å². The third kappa shape index (κ3) is 1.59. The first-order valence-corrected chi connectivity index (χ1v) is 4.44. The van der Waals surface area contributed by atoms with Gasteiger partial charge in [-0.25, -0.2) is 4.98 Å². The first-order chi connectivity index (χ1) is 4.74. The number of hydrogen-bond donors (Lipinski definition) is 1. The van der Waals surface area contributed by atoms with E-state index in [4.69, 9.17) is 0 Å². The minimum absolute atomic E-state index is 0.984. The van der Waals surface area contributed by atoms with E-state index in [-0.39, 0.29) is 0 Å². The molecule has 1 heterocycles. The number of nitrogens with one attached hydrogen (secondary N) is 1. The summed E-state index contributed by atoms with van der Waals surface area (Å²) in [5, 5.41) is 0.984. The Labute approximate surface area is 69.2 Å². The van der Waals surface area contributed by atoms with E-state index < -0.39 is 0 Å². The summed E-state index contributed by atoms with van der Waals surface area (Å²) < 4.78 is 0. The number of alkyl halides is 1. The van der Waals surface area contributed by atoms with Gasteiger partial charge in [-0.15, -0.1) is 0 Å². The second-order valence-electron chi connectivity index (χ2n) is 2.33. The van der Waals surface area contributed by atoms with Gasteiger partial charge in [0.25, 0.3) is 0 Å². The summed E-state index contributed by atoms with van der Waals surface area (Å²) in [6, 6.07) is 0. The monoisotopic (exact) mass is 202 g/mol. The molecule has 0 spiro atoms. The molecule has 0 aromatic carbocycles. The van der Waals surface area contributed by atoms with Crippen LogP contribution in [0.5, 0.6) is 0 Å². The fourth-order valence-corrected chi connectivity index (χ4v) is 1.37. The first-order valence-electron chi connectivity index (χ1n) is 3.32. The topological polar surface area (TPSA) is 28.7 Å². The van der Waals surface area contributed by atoms with Crippen LogP contribution in [0.1, 0.15) is 17.2 Å². The summed E-state index contributed by atoms with van der Waals surface area (Å²) in [6.07, 6.45) is 1.01. The molecule has 56 valence electrons. The summed E-state index contributed by atoms with van der Waals surface area (Å²) >= 11 is 3.38. The van der Waals surface area contributed by atoms with Crippen LogP contribution in [0.2, 0.25) is 0 Å². The maximum absolute atomic E-state index is 4.31. The number of nitrogens with zero attached hydrogens (tertiary/aromatic N) is 1. The Morgan fingerprint density at radius 2 is 2.20 bits per heavy atom. The van der Waals surface area contributed by atoms with Crippen molar-refractivity contribution in [3.8, 4) is 0 Å². The number of halogens is 1. The summed E-state index contributed by atoms with van der Waals surface area (Å²) in [4.78, 5) is 7.47. The molecule has 1 N–H and O–H groups in total. The number of aromatic nitrogens is 2. The molecule has 0 saturated heterocycles. The lowest BCUT2D eigenvalue weighted by atomic mass is 10.3. The Morgan fingerprint density at radius 1 is 1.50 bits per heavy atom. The van der Waals surface area contributed by atoms with E-state index in [2.05, 4.69) is 32.8 Å². The average molecular weight is 203 g/mol. The van der Waals surface area contributed by atoms with Crippen LogP contribution >= 0.6 is 15.9 Å². The van der Waals surface area contributed by atoms with Crippen LogP contribution in [0.25, 0.3) is 0 Å². The van der Waals surface area contributed by atoms with E-state index in [1.54, 1.807) is 0 Å². The standard InChI is InChI=1S/C7H11BrN2/c1-5-7(3-4-8)10-6(2)9-5/h3-4H2,1-2H3,(H,9,10). The molecule has 2 nitrogen and oxygen atoms in total. The van der Waals surface area contributed by atoms with E-state index in [1.165, 1.54) is 11.4 Å². The van der Waals surface area contributed by atoms with Crippen LogP contribution < -0.4 is 0 Å². The van der Waals surface area contributed by atoms with Gasteiger partial charge in [0.15, 0.2) is 0 Å². The van der Waals surface area contributed by atoms with Gasteiger partial charge in [-0.2, -0.15) is 0 Å². The molecular formula is C7H11BrN2. The SMILES string of the molecule is Cc1nc(CCBr)c(C)[nH]1. The molecule has 1 aromatic rings. The first kappa shape index (κ1) is 7.79. The van der Waals surface area contributed by atoms with Crippen LogP contribution in [-0.2, 0) is 6.42 Å². The van der Waals surface area contributed by atoms with E-state index in [0.29, 0.717) is 0 Å². The molecule has 0 amide bonds. The Hall–Kier alpha value is -0.310. The minimum Gasteiger partial charge on any atom is -0.346 e.